The summed E-state index contributed by atoms with van der Waals surface area (Å²) >= 11 is 0. The molecule has 0 unspecified atom stereocenters. The van der Waals surface area contributed by atoms with Crippen molar-refractivity contribution in [1.82, 2.24) is 9.55 Å². The van der Waals surface area contributed by atoms with Crippen molar-refractivity contribution in [3.05, 3.63) is 58.4 Å². The molecule has 0 spiro atoms. The van der Waals surface area contributed by atoms with Crippen LogP contribution in [-0.4, -0.2) is 29.3 Å². The van der Waals surface area contributed by atoms with Gasteiger partial charge < -0.3 is 9.64 Å². The van der Waals surface area contributed by atoms with Gasteiger partial charge in [0.15, 0.2) is 5.82 Å². The highest BCUT2D eigenvalue weighted by molar-refractivity contribution is 6.01. The molecule has 1 aliphatic heterocycles. The lowest BCUT2D eigenvalue weighted by atomic mass is 9.99. The number of fused-ring (bicyclic) bond motifs is 2. The summed E-state index contributed by atoms with van der Waals surface area (Å²) in [4.78, 5) is 19.5. The molecule has 142 valence electrons. The number of aryl methyl sites for hydroxylation is 2. The zero-order valence-electron chi connectivity index (χ0n) is 16.1. The second-order valence-corrected chi connectivity index (χ2v) is 6.94. The molecule has 0 fully saturated rings. The SMILES string of the molecule is COC(=O)n1c(C)c(C)c2c(C)cnc(N3CCc4ccccc4C3)c21.Cl. The number of hydrogen-bond donors (Lipinski definition) is 0. The first-order valence-corrected chi connectivity index (χ1v) is 8.90. The number of rotatable bonds is 1. The number of carbonyl (C=O) groups excluding carboxylic acids is 1. The number of carbonyl (C=O) groups is 1. The van der Waals surface area contributed by atoms with E-state index in [2.05, 4.69) is 36.1 Å². The molecule has 0 atom stereocenters. The quantitative estimate of drug-likeness (QED) is 0.616. The smallest absolute Gasteiger partial charge is 0.418 e. The summed E-state index contributed by atoms with van der Waals surface area (Å²) in [5.41, 5.74) is 6.64. The van der Waals surface area contributed by atoms with Gasteiger partial charge in [-0.3, -0.25) is 0 Å². The molecule has 0 radical (unpaired) electrons. The molecule has 3 heterocycles. The second-order valence-electron chi connectivity index (χ2n) is 6.94. The minimum Gasteiger partial charge on any atom is -0.452 e. The van der Waals surface area contributed by atoms with E-state index in [4.69, 9.17) is 9.72 Å². The van der Waals surface area contributed by atoms with Crippen molar-refractivity contribution < 1.29 is 9.53 Å². The second kappa shape index (κ2) is 7.24. The van der Waals surface area contributed by atoms with E-state index in [1.165, 1.54) is 18.2 Å². The Hall–Kier alpha value is -2.53. The fraction of sp³-hybridized carbons (Fsp3) is 0.333. The number of halogens is 1. The van der Waals surface area contributed by atoms with Crippen LogP contribution in [0.15, 0.2) is 30.5 Å². The van der Waals surface area contributed by atoms with E-state index in [9.17, 15) is 4.79 Å². The van der Waals surface area contributed by atoms with Crippen LogP contribution in [0.4, 0.5) is 10.6 Å². The highest BCUT2D eigenvalue weighted by Crippen LogP contribution is 2.35. The Morgan fingerprint density at radius 2 is 1.85 bits per heavy atom. The number of nitrogens with zero attached hydrogens (tertiary/aromatic N) is 3. The predicted octanol–water partition coefficient (Wildman–Crippen LogP) is 4.56. The molecule has 5 nitrogen and oxygen atoms in total. The van der Waals surface area contributed by atoms with Crippen molar-refractivity contribution in [1.29, 1.82) is 0 Å². The molecular weight excluding hydrogens is 362 g/mol. The summed E-state index contributed by atoms with van der Waals surface area (Å²) in [5, 5.41) is 1.09. The van der Waals surface area contributed by atoms with Crippen LogP contribution >= 0.6 is 12.4 Å². The normalized spacial score (nSPS) is 13.3. The van der Waals surface area contributed by atoms with Gasteiger partial charge in [0.1, 0.15) is 5.52 Å². The highest BCUT2D eigenvalue weighted by atomic mass is 35.5. The van der Waals surface area contributed by atoms with Crippen LogP contribution in [0.25, 0.3) is 10.9 Å². The van der Waals surface area contributed by atoms with Crippen LogP contribution < -0.4 is 4.90 Å². The first kappa shape index (κ1) is 19.2. The molecule has 1 aliphatic rings. The summed E-state index contributed by atoms with van der Waals surface area (Å²) in [6, 6.07) is 8.52. The average molecular weight is 386 g/mol. The Kier molecular flexibility index (Phi) is 5.16. The molecule has 0 saturated heterocycles. The summed E-state index contributed by atoms with van der Waals surface area (Å²) < 4.78 is 6.72. The van der Waals surface area contributed by atoms with Crippen molar-refractivity contribution in [2.24, 2.45) is 0 Å². The van der Waals surface area contributed by atoms with E-state index in [0.29, 0.717) is 0 Å². The molecule has 6 heteroatoms. The summed E-state index contributed by atoms with van der Waals surface area (Å²) in [6.45, 7) is 7.73. The predicted molar refractivity (Wildman–Crippen MR) is 110 cm³/mol. The Labute approximate surface area is 165 Å². The lowest BCUT2D eigenvalue weighted by Gasteiger charge is -2.30. The summed E-state index contributed by atoms with van der Waals surface area (Å²) in [7, 11) is 1.42. The molecular formula is C21H24ClN3O2. The molecule has 0 amide bonds. The maximum atomic E-state index is 12.5. The molecule has 1 aromatic carbocycles. The first-order chi connectivity index (χ1) is 12.5. The van der Waals surface area contributed by atoms with E-state index >= 15 is 0 Å². The molecule has 4 rings (SSSR count). The topological polar surface area (TPSA) is 47.4 Å². The fourth-order valence-corrected chi connectivity index (χ4v) is 4.01. The van der Waals surface area contributed by atoms with Crippen LogP contribution in [-0.2, 0) is 17.7 Å². The van der Waals surface area contributed by atoms with Gasteiger partial charge in [-0.1, -0.05) is 24.3 Å². The largest absolute Gasteiger partial charge is 0.452 e. The number of aromatic nitrogens is 2. The van der Waals surface area contributed by atoms with E-state index < -0.39 is 0 Å². The Morgan fingerprint density at radius 3 is 2.56 bits per heavy atom. The van der Waals surface area contributed by atoms with Gasteiger partial charge in [-0.15, -0.1) is 12.4 Å². The maximum absolute atomic E-state index is 12.5. The van der Waals surface area contributed by atoms with Gasteiger partial charge in [0.2, 0.25) is 0 Å². The zero-order chi connectivity index (χ0) is 18.4. The van der Waals surface area contributed by atoms with Gasteiger partial charge in [0.25, 0.3) is 0 Å². The number of hydrogen-bond acceptors (Lipinski definition) is 4. The van der Waals surface area contributed by atoms with Crippen LogP contribution in [0.2, 0.25) is 0 Å². The Balaban J connectivity index is 0.00000210. The van der Waals surface area contributed by atoms with Gasteiger partial charge in [-0.05, 0) is 49.4 Å². The van der Waals surface area contributed by atoms with Crippen molar-refractivity contribution in [3.63, 3.8) is 0 Å². The van der Waals surface area contributed by atoms with E-state index in [1.807, 2.05) is 20.0 Å². The number of ether oxygens (including phenoxy) is 1. The molecule has 27 heavy (non-hydrogen) atoms. The number of benzene rings is 1. The van der Waals surface area contributed by atoms with Gasteiger partial charge in [-0.2, -0.15) is 0 Å². The molecule has 0 saturated carbocycles. The molecule has 0 bridgehead atoms. The minimum absolute atomic E-state index is 0. The Bertz CT molecular complexity index is 1030. The van der Waals surface area contributed by atoms with Crippen molar-refractivity contribution in [2.45, 2.75) is 33.7 Å². The number of anilines is 1. The van der Waals surface area contributed by atoms with Crippen LogP contribution in [0.3, 0.4) is 0 Å². The zero-order valence-corrected chi connectivity index (χ0v) is 16.9. The third-order valence-corrected chi connectivity index (χ3v) is 5.49. The average Bonchev–Trinajstić information content (AvgIpc) is 2.93. The molecule has 3 aromatic rings. The van der Waals surface area contributed by atoms with Crippen molar-refractivity contribution in [3.8, 4) is 0 Å². The lowest BCUT2D eigenvalue weighted by molar-refractivity contribution is 0.173. The molecule has 0 aliphatic carbocycles. The molecule has 0 N–H and O–H groups in total. The van der Waals surface area contributed by atoms with Gasteiger partial charge in [0, 0.05) is 30.4 Å². The van der Waals surface area contributed by atoms with Crippen LogP contribution in [0.5, 0.6) is 0 Å². The monoisotopic (exact) mass is 385 g/mol. The first-order valence-electron chi connectivity index (χ1n) is 8.90. The third-order valence-electron chi connectivity index (χ3n) is 5.49. The van der Waals surface area contributed by atoms with Crippen molar-refractivity contribution in [2.75, 3.05) is 18.6 Å². The minimum atomic E-state index is -0.369. The standard InChI is InChI=1S/C21H23N3O2.ClH/c1-13-11-22-20(23-10-9-16-7-5-6-8-17(16)12-23)19-18(13)14(2)15(3)24(19)21(25)26-4;/h5-8,11H,9-10,12H2,1-4H3;1H. The number of methoxy groups -OCH3 is 1. The van der Waals surface area contributed by atoms with Crippen molar-refractivity contribution >= 4 is 35.2 Å². The van der Waals surface area contributed by atoms with E-state index in [-0.39, 0.29) is 18.5 Å². The third kappa shape index (κ3) is 2.96. The lowest BCUT2D eigenvalue weighted by Crippen LogP contribution is -2.31. The van der Waals surface area contributed by atoms with Gasteiger partial charge in [-0.25, -0.2) is 14.3 Å². The van der Waals surface area contributed by atoms with E-state index in [0.717, 1.165) is 53.1 Å². The van der Waals surface area contributed by atoms with Gasteiger partial charge >= 0.3 is 6.09 Å². The molecule has 2 aromatic heterocycles. The van der Waals surface area contributed by atoms with Gasteiger partial charge in [0.05, 0.1) is 7.11 Å². The van der Waals surface area contributed by atoms with Crippen LogP contribution in [0, 0.1) is 20.8 Å². The Morgan fingerprint density at radius 1 is 1.15 bits per heavy atom. The summed E-state index contributed by atoms with van der Waals surface area (Å²) in [5.74, 6) is 0.849. The summed E-state index contributed by atoms with van der Waals surface area (Å²) in [6.07, 6.45) is 2.52. The maximum Gasteiger partial charge on any atom is 0.418 e. The highest BCUT2D eigenvalue weighted by Gasteiger charge is 2.26. The fourth-order valence-electron chi connectivity index (χ4n) is 4.01. The van der Waals surface area contributed by atoms with Crippen LogP contribution in [0.1, 0.15) is 27.9 Å². The number of pyridine rings is 1. The van der Waals surface area contributed by atoms with E-state index in [1.54, 1.807) is 4.57 Å².